The Labute approximate surface area is 147 Å². The number of para-hydroxylation sites is 1. The molecule has 3 nitrogen and oxygen atoms in total. The fourth-order valence-corrected chi connectivity index (χ4v) is 3.16. The number of hydrogen-bond donors (Lipinski definition) is 3. The van der Waals surface area contributed by atoms with Crippen LogP contribution in [0.3, 0.4) is 0 Å². The Morgan fingerprint density at radius 2 is 0.920 bits per heavy atom. The molecule has 0 radical (unpaired) electrons. The molecule has 3 aromatic carbocycles. The Kier molecular flexibility index (Phi) is 4.17. The first kappa shape index (κ1) is 16.9. The van der Waals surface area contributed by atoms with Crippen molar-refractivity contribution in [1.29, 1.82) is 0 Å². The van der Waals surface area contributed by atoms with Crippen LogP contribution >= 0.6 is 0 Å². The third-order valence-corrected chi connectivity index (χ3v) is 4.70. The molecule has 0 aliphatic carbocycles. The highest BCUT2D eigenvalue weighted by molar-refractivity contribution is 5.85. The van der Waals surface area contributed by atoms with Crippen LogP contribution in [0.5, 0.6) is 17.2 Å². The van der Waals surface area contributed by atoms with Crippen LogP contribution in [0.1, 0.15) is 22.3 Å². The minimum Gasteiger partial charge on any atom is -0.508 e. The summed E-state index contributed by atoms with van der Waals surface area (Å²) in [6, 6.07) is 12.9. The molecular weight excluding hydrogens is 312 g/mol. The van der Waals surface area contributed by atoms with E-state index in [2.05, 4.69) is 0 Å². The summed E-state index contributed by atoms with van der Waals surface area (Å²) in [5.41, 5.74) is 6.56. The number of aryl methyl sites for hydroxylation is 4. The van der Waals surface area contributed by atoms with Gasteiger partial charge in [-0.3, -0.25) is 0 Å². The summed E-state index contributed by atoms with van der Waals surface area (Å²) in [5, 5.41) is 30.7. The number of benzene rings is 3. The van der Waals surface area contributed by atoms with Gasteiger partial charge in [-0.25, -0.2) is 0 Å². The van der Waals surface area contributed by atoms with Gasteiger partial charge in [0, 0.05) is 11.1 Å². The predicted molar refractivity (Wildman–Crippen MR) is 101 cm³/mol. The summed E-state index contributed by atoms with van der Waals surface area (Å²) in [6.45, 7) is 7.51. The van der Waals surface area contributed by atoms with Gasteiger partial charge in [0.05, 0.1) is 0 Å². The van der Waals surface area contributed by atoms with E-state index < -0.39 is 0 Å². The smallest absolute Gasteiger partial charge is 0.131 e. The third kappa shape index (κ3) is 2.93. The van der Waals surface area contributed by atoms with Gasteiger partial charge < -0.3 is 15.3 Å². The lowest BCUT2D eigenvalue weighted by atomic mass is 9.91. The van der Waals surface area contributed by atoms with Gasteiger partial charge in [0.1, 0.15) is 17.2 Å². The van der Waals surface area contributed by atoms with Gasteiger partial charge in [-0.05, 0) is 85.3 Å². The standard InChI is InChI=1S/C22H22O3/c1-12-10-20(23)14(3)8-18(12)16-6-5-7-17(22(16)25)19-9-15(4)21(24)11-13(19)2/h5-11,23-25H,1-4H3. The Bertz CT molecular complexity index is 896. The summed E-state index contributed by atoms with van der Waals surface area (Å²) in [5.74, 6) is 0.702. The van der Waals surface area contributed by atoms with E-state index in [4.69, 9.17) is 0 Å². The van der Waals surface area contributed by atoms with Crippen LogP contribution in [0.4, 0.5) is 0 Å². The topological polar surface area (TPSA) is 60.7 Å². The molecule has 0 amide bonds. The molecule has 0 atom stereocenters. The molecule has 0 heterocycles. The largest absolute Gasteiger partial charge is 0.508 e. The lowest BCUT2D eigenvalue weighted by Gasteiger charge is -2.15. The zero-order valence-electron chi connectivity index (χ0n) is 14.9. The summed E-state index contributed by atoms with van der Waals surface area (Å²) >= 11 is 0. The molecular formula is C22H22O3. The first-order chi connectivity index (χ1) is 11.8. The number of aromatic hydroxyl groups is 3. The summed E-state index contributed by atoms with van der Waals surface area (Å²) < 4.78 is 0. The van der Waals surface area contributed by atoms with Crippen molar-refractivity contribution in [3.8, 4) is 39.5 Å². The van der Waals surface area contributed by atoms with Crippen LogP contribution < -0.4 is 0 Å². The molecule has 0 aliphatic heterocycles. The number of hydrogen-bond acceptors (Lipinski definition) is 3. The minimum absolute atomic E-state index is 0.198. The van der Waals surface area contributed by atoms with Crippen molar-refractivity contribution in [2.75, 3.05) is 0 Å². The zero-order valence-corrected chi connectivity index (χ0v) is 14.9. The summed E-state index contributed by atoms with van der Waals surface area (Å²) in [7, 11) is 0. The normalized spacial score (nSPS) is 10.9. The average Bonchev–Trinajstić information content (AvgIpc) is 2.55. The van der Waals surface area contributed by atoms with Gasteiger partial charge >= 0.3 is 0 Å². The van der Waals surface area contributed by atoms with E-state index in [1.165, 1.54) is 0 Å². The summed E-state index contributed by atoms with van der Waals surface area (Å²) in [6.07, 6.45) is 0. The van der Waals surface area contributed by atoms with Gasteiger partial charge in [-0.2, -0.15) is 0 Å². The van der Waals surface area contributed by atoms with Crippen LogP contribution in [-0.2, 0) is 0 Å². The Balaban J connectivity index is 2.23. The van der Waals surface area contributed by atoms with Gasteiger partial charge in [0.2, 0.25) is 0 Å². The first-order valence-electron chi connectivity index (χ1n) is 8.22. The van der Waals surface area contributed by atoms with E-state index in [0.717, 1.165) is 44.5 Å². The molecule has 0 saturated heterocycles. The van der Waals surface area contributed by atoms with Crippen molar-refractivity contribution in [1.82, 2.24) is 0 Å². The van der Waals surface area contributed by atoms with Crippen molar-refractivity contribution < 1.29 is 15.3 Å². The van der Waals surface area contributed by atoms with Crippen molar-refractivity contribution >= 4 is 0 Å². The fraction of sp³-hybridized carbons (Fsp3) is 0.182. The monoisotopic (exact) mass is 334 g/mol. The Morgan fingerprint density at radius 3 is 1.32 bits per heavy atom. The molecule has 0 unspecified atom stereocenters. The lowest BCUT2D eigenvalue weighted by Crippen LogP contribution is -1.91. The van der Waals surface area contributed by atoms with E-state index in [0.29, 0.717) is 0 Å². The third-order valence-electron chi connectivity index (χ3n) is 4.70. The second kappa shape index (κ2) is 6.17. The van der Waals surface area contributed by atoms with E-state index in [9.17, 15) is 15.3 Å². The van der Waals surface area contributed by atoms with Crippen molar-refractivity contribution in [2.24, 2.45) is 0 Å². The highest BCUT2D eigenvalue weighted by Crippen LogP contribution is 2.42. The number of phenolic OH excluding ortho intramolecular Hbond substituents is 3. The van der Waals surface area contributed by atoms with Gasteiger partial charge in [-0.1, -0.05) is 18.2 Å². The van der Waals surface area contributed by atoms with Crippen LogP contribution in [-0.4, -0.2) is 15.3 Å². The first-order valence-corrected chi connectivity index (χ1v) is 8.22. The lowest BCUT2D eigenvalue weighted by molar-refractivity contribution is 0.470. The molecule has 0 spiro atoms. The van der Waals surface area contributed by atoms with Crippen LogP contribution in [0.2, 0.25) is 0 Å². The quantitative estimate of drug-likeness (QED) is 0.590. The minimum atomic E-state index is 0.198. The molecule has 3 heteroatoms. The fourth-order valence-electron chi connectivity index (χ4n) is 3.16. The van der Waals surface area contributed by atoms with E-state index in [-0.39, 0.29) is 17.2 Å². The van der Waals surface area contributed by atoms with Gasteiger partial charge in [-0.15, -0.1) is 0 Å². The second-order valence-electron chi connectivity index (χ2n) is 6.61. The van der Waals surface area contributed by atoms with Crippen molar-refractivity contribution in [3.63, 3.8) is 0 Å². The Morgan fingerprint density at radius 1 is 0.520 bits per heavy atom. The van der Waals surface area contributed by atoms with E-state index in [1.54, 1.807) is 12.1 Å². The highest BCUT2D eigenvalue weighted by Gasteiger charge is 2.16. The molecule has 0 fully saturated rings. The number of rotatable bonds is 2. The van der Waals surface area contributed by atoms with E-state index in [1.807, 2.05) is 58.0 Å². The number of phenols is 3. The molecule has 0 bridgehead atoms. The van der Waals surface area contributed by atoms with Crippen molar-refractivity contribution in [3.05, 3.63) is 64.7 Å². The molecule has 128 valence electrons. The molecule has 3 aromatic rings. The SMILES string of the molecule is Cc1cc(-c2cccc(-c3cc(C)c(O)cc3C)c2O)c(C)cc1O. The summed E-state index contributed by atoms with van der Waals surface area (Å²) in [4.78, 5) is 0. The maximum atomic E-state index is 10.9. The predicted octanol–water partition coefficient (Wildman–Crippen LogP) is 5.37. The average molecular weight is 334 g/mol. The highest BCUT2D eigenvalue weighted by atomic mass is 16.3. The molecule has 0 aromatic heterocycles. The molecule has 0 aliphatic rings. The van der Waals surface area contributed by atoms with Crippen LogP contribution in [0, 0.1) is 27.7 Å². The maximum absolute atomic E-state index is 10.9. The van der Waals surface area contributed by atoms with Crippen LogP contribution in [0.15, 0.2) is 42.5 Å². The van der Waals surface area contributed by atoms with Crippen molar-refractivity contribution in [2.45, 2.75) is 27.7 Å². The Hall–Kier alpha value is -2.94. The van der Waals surface area contributed by atoms with Crippen LogP contribution in [0.25, 0.3) is 22.3 Å². The maximum Gasteiger partial charge on any atom is 0.131 e. The second-order valence-corrected chi connectivity index (χ2v) is 6.61. The molecule has 25 heavy (non-hydrogen) atoms. The zero-order chi connectivity index (χ0) is 18.3. The molecule has 3 N–H and O–H groups in total. The molecule has 0 saturated carbocycles. The van der Waals surface area contributed by atoms with Gasteiger partial charge in [0.25, 0.3) is 0 Å². The van der Waals surface area contributed by atoms with E-state index >= 15 is 0 Å². The van der Waals surface area contributed by atoms with Gasteiger partial charge in [0.15, 0.2) is 0 Å². The molecule has 3 rings (SSSR count).